The number of hydrogen-bond acceptors (Lipinski definition) is 5. The number of rotatable bonds is 4. The van der Waals surface area contributed by atoms with Crippen molar-refractivity contribution in [2.75, 3.05) is 23.3 Å². The Balaban J connectivity index is 1.65. The second-order valence-electron chi connectivity index (χ2n) is 5.65. The van der Waals surface area contributed by atoms with Crippen LogP contribution in [-0.4, -0.2) is 29.9 Å². The molecule has 126 valence electrons. The molecule has 8 heteroatoms. The number of carbonyl (C=O) groups is 2. The van der Waals surface area contributed by atoms with E-state index in [1.165, 1.54) is 11.3 Å². The maximum Gasteiger partial charge on any atom is 0.265 e. The fraction of sp³-hybridized carbons (Fsp3) is 0.312. The highest BCUT2D eigenvalue weighted by Gasteiger charge is 2.24. The third-order valence-corrected chi connectivity index (χ3v) is 5.57. The lowest BCUT2D eigenvalue weighted by atomic mass is 9.97. The number of thiophene rings is 1. The van der Waals surface area contributed by atoms with Crippen molar-refractivity contribution in [3.63, 3.8) is 0 Å². The molecule has 1 unspecified atom stereocenters. The fourth-order valence-electron chi connectivity index (χ4n) is 2.69. The Bertz CT molecular complexity index is 747. The summed E-state index contributed by atoms with van der Waals surface area (Å²) in [4.78, 5) is 30.6. The first-order valence-corrected chi connectivity index (χ1v) is 9.21. The zero-order chi connectivity index (χ0) is 17.1. The van der Waals surface area contributed by atoms with Gasteiger partial charge in [0, 0.05) is 13.1 Å². The summed E-state index contributed by atoms with van der Waals surface area (Å²) in [6.07, 6.45) is 3.38. The Morgan fingerprint density at radius 3 is 2.79 bits per heavy atom. The van der Waals surface area contributed by atoms with Gasteiger partial charge >= 0.3 is 0 Å². The third-order valence-electron chi connectivity index (χ3n) is 3.95. The van der Waals surface area contributed by atoms with Crippen LogP contribution in [0.1, 0.15) is 22.5 Å². The number of carbonyl (C=O) groups excluding carboxylic acids is 2. The SMILES string of the molecule is NC(=O)C1CCCN(c2ccc(NC(=O)c3ccc(Br)s3)cn2)C1. The van der Waals surface area contributed by atoms with Gasteiger partial charge in [-0.3, -0.25) is 9.59 Å². The van der Waals surface area contributed by atoms with E-state index in [9.17, 15) is 9.59 Å². The van der Waals surface area contributed by atoms with Gasteiger partial charge in [0.05, 0.1) is 26.5 Å². The Kier molecular flexibility index (Phi) is 5.15. The molecule has 1 aliphatic heterocycles. The highest BCUT2D eigenvalue weighted by molar-refractivity contribution is 9.11. The van der Waals surface area contributed by atoms with Gasteiger partial charge < -0.3 is 16.0 Å². The van der Waals surface area contributed by atoms with Gasteiger partial charge in [-0.15, -0.1) is 11.3 Å². The predicted octanol–water partition coefficient (Wildman–Crippen LogP) is 2.86. The van der Waals surface area contributed by atoms with Crippen molar-refractivity contribution >= 4 is 50.6 Å². The van der Waals surface area contributed by atoms with E-state index in [2.05, 4.69) is 31.1 Å². The summed E-state index contributed by atoms with van der Waals surface area (Å²) in [5, 5.41) is 2.82. The van der Waals surface area contributed by atoms with Gasteiger partial charge in [-0.05, 0) is 53.0 Å². The summed E-state index contributed by atoms with van der Waals surface area (Å²) in [7, 11) is 0. The van der Waals surface area contributed by atoms with Gasteiger partial charge in [-0.1, -0.05) is 0 Å². The number of nitrogens with one attached hydrogen (secondary N) is 1. The van der Waals surface area contributed by atoms with Crippen LogP contribution in [0.15, 0.2) is 34.2 Å². The van der Waals surface area contributed by atoms with Gasteiger partial charge in [-0.25, -0.2) is 4.98 Å². The van der Waals surface area contributed by atoms with Gasteiger partial charge in [0.1, 0.15) is 5.82 Å². The van der Waals surface area contributed by atoms with Crippen molar-refractivity contribution in [3.05, 3.63) is 39.1 Å². The van der Waals surface area contributed by atoms with Crippen LogP contribution in [0, 0.1) is 5.92 Å². The standard InChI is InChI=1S/C16H17BrN4O2S/c17-13-5-4-12(24-13)16(23)20-11-3-6-14(19-8-11)21-7-1-2-10(9-21)15(18)22/h3-6,8,10H,1-2,7,9H2,(H2,18,22)(H,20,23). The van der Waals surface area contributed by atoms with Crippen LogP contribution in [0.3, 0.4) is 0 Å². The maximum absolute atomic E-state index is 12.1. The van der Waals surface area contributed by atoms with Gasteiger partial charge in [0.2, 0.25) is 5.91 Å². The number of amides is 2. The smallest absolute Gasteiger partial charge is 0.265 e. The summed E-state index contributed by atoms with van der Waals surface area (Å²) in [6.45, 7) is 1.45. The fourth-order valence-corrected chi connectivity index (χ4v) is 3.97. The molecule has 0 radical (unpaired) electrons. The number of anilines is 2. The summed E-state index contributed by atoms with van der Waals surface area (Å²) in [5.74, 6) is 0.243. The molecule has 0 aromatic carbocycles. The molecule has 1 atom stereocenters. The molecule has 1 saturated heterocycles. The summed E-state index contributed by atoms with van der Waals surface area (Å²) in [6, 6.07) is 7.27. The monoisotopic (exact) mass is 408 g/mol. The van der Waals surface area contributed by atoms with Crippen LogP contribution in [0.2, 0.25) is 0 Å². The summed E-state index contributed by atoms with van der Waals surface area (Å²) < 4.78 is 0.912. The number of aromatic nitrogens is 1. The second-order valence-corrected chi connectivity index (χ2v) is 8.11. The first-order valence-electron chi connectivity index (χ1n) is 7.60. The predicted molar refractivity (Wildman–Crippen MR) is 98.3 cm³/mol. The topological polar surface area (TPSA) is 88.3 Å². The molecule has 0 bridgehead atoms. The molecule has 6 nitrogen and oxygen atoms in total. The zero-order valence-corrected chi connectivity index (χ0v) is 15.3. The number of primary amides is 1. The highest BCUT2D eigenvalue weighted by Crippen LogP contribution is 2.24. The summed E-state index contributed by atoms with van der Waals surface area (Å²) in [5.41, 5.74) is 6.04. The molecular formula is C16H17BrN4O2S. The minimum absolute atomic E-state index is 0.128. The molecule has 1 aliphatic rings. The molecule has 0 aliphatic carbocycles. The molecule has 2 aromatic heterocycles. The average molecular weight is 409 g/mol. The van der Waals surface area contributed by atoms with Gasteiger partial charge in [0.15, 0.2) is 0 Å². The second kappa shape index (κ2) is 7.31. The number of piperidine rings is 1. The van der Waals surface area contributed by atoms with Crippen LogP contribution >= 0.6 is 27.3 Å². The van der Waals surface area contributed by atoms with E-state index in [4.69, 9.17) is 5.73 Å². The van der Waals surface area contributed by atoms with Crippen molar-refractivity contribution < 1.29 is 9.59 Å². The third kappa shape index (κ3) is 3.93. The van der Waals surface area contributed by atoms with E-state index in [0.717, 1.165) is 29.0 Å². The number of pyridine rings is 1. The van der Waals surface area contributed by atoms with E-state index in [0.29, 0.717) is 17.1 Å². The van der Waals surface area contributed by atoms with Crippen LogP contribution in [0.25, 0.3) is 0 Å². The van der Waals surface area contributed by atoms with Crippen LogP contribution < -0.4 is 16.0 Å². The quantitative estimate of drug-likeness (QED) is 0.813. The molecule has 2 aromatic rings. The molecule has 0 spiro atoms. The Morgan fingerprint density at radius 1 is 1.33 bits per heavy atom. The lowest BCUT2D eigenvalue weighted by molar-refractivity contribution is -0.122. The van der Waals surface area contributed by atoms with Crippen molar-refractivity contribution in [2.45, 2.75) is 12.8 Å². The molecule has 1 fully saturated rings. The van der Waals surface area contributed by atoms with E-state index in [-0.39, 0.29) is 17.7 Å². The Labute approximate surface area is 152 Å². The van der Waals surface area contributed by atoms with Crippen molar-refractivity contribution in [3.8, 4) is 0 Å². The minimum atomic E-state index is -0.259. The summed E-state index contributed by atoms with van der Waals surface area (Å²) >= 11 is 4.72. The van der Waals surface area contributed by atoms with E-state index < -0.39 is 0 Å². The first-order chi connectivity index (χ1) is 11.5. The average Bonchev–Trinajstić information content (AvgIpc) is 3.02. The molecule has 3 N–H and O–H groups in total. The highest BCUT2D eigenvalue weighted by atomic mass is 79.9. The largest absolute Gasteiger partial charge is 0.369 e. The first kappa shape index (κ1) is 16.9. The normalized spacial score (nSPS) is 17.5. The van der Waals surface area contributed by atoms with E-state index in [1.54, 1.807) is 12.3 Å². The Hall–Kier alpha value is -1.93. The van der Waals surface area contributed by atoms with Crippen LogP contribution in [0.5, 0.6) is 0 Å². The van der Waals surface area contributed by atoms with E-state index in [1.807, 2.05) is 18.2 Å². The molecule has 0 saturated carbocycles. The molecule has 2 amide bonds. The molecular weight excluding hydrogens is 392 g/mol. The maximum atomic E-state index is 12.1. The number of nitrogens with two attached hydrogens (primary N) is 1. The Morgan fingerprint density at radius 2 is 2.17 bits per heavy atom. The lowest BCUT2D eigenvalue weighted by Crippen LogP contribution is -2.41. The lowest BCUT2D eigenvalue weighted by Gasteiger charge is -2.32. The van der Waals surface area contributed by atoms with Gasteiger partial charge in [-0.2, -0.15) is 0 Å². The zero-order valence-electron chi connectivity index (χ0n) is 12.9. The van der Waals surface area contributed by atoms with Crippen molar-refractivity contribution in [2.24, 2.45) is 11.7 Å². The number of hydrogen-bond donors (Lipinski definition) is 2. The molecule has 24 heavy (non-hydrogen) atoms. The number of nitrogens with zero attached hydrogens (tertiary/aromatic N) is 2. The minimum Gasteiger partial charge on any atom is -0.369 e. The van der Waals surface area contributed by atoms with Crippen molar-refractivity contribution in [1.82, 2.24) is 4.98 Å². The van der Waals surface area contributed by atoms with Crippen LogP contribution in [-0.2, 0) is 4.79 Å². The van der Waals surface area contributed by atoms with Crippen LogP contribution in [0.4, 0.5) is 11.5 Å². The van der Waals surface area contributed by atoms with Crippen molar-refractivity contribution in [1.29, 1.82) is 0 Å². The van der Waals surface area contributed by atoms with Gasteiger partial charge in [0.25, 0.3) is 5.91 Å². The molecule has 3 heterocycles. The number of halogens is 1. The molecule has 3 rings (SSSR count). The van der Waals surface area contributed by atoms with E-state index >= 15 is 0 Å².